The van der Waals surface area contributed by atoms with Crippen molar-refractivity contribution in [3.63, 3.8) is 0 Å². The Morgan fingerprint density at radius 3 is 2.64 bits per heavy atom. The fourth-order valence-electron chi connectivity index (χ4n) is 2.52. The highest BCUT2D eigenvalue weighted by molar-refractivity contribution is 7.13. The number of rotatable bonds is 4. The number of aliphatic carboxylic acids is 1. The molecule has 0 saturated heterocycles. The number of carboxylic acid groups (broad SMARTS) is 1. The maximum Gasteiger partial charge on any atom is 0.329 e. The Kier molecular flexibility index (Phi) is 3.70. The van der Waals surface area contributed by atoms with Crippen LogP contribution < -0.4 is 5.32 Å². The molecule has 0 aliphatic heterocycles. The molecule has 0 spiro atoms. The maximum absolute atomic E-state index is 12.3. The molecule has 6 heteroatoms. The van der Waals surface area contributed by atoms with Crippen molar-refractivity contribution in [3.05, 3.63) is 40.9 Å². The van der Waals surface area contributed by atoms with Crippen LogP contribution in [0.25, 0.3) is 10.6 Å². The molecular formula is C16H16N2O3S. The van der Waals surface area contributed by atoms with Gasteiger partial charge in [-0.3, -0.25) is 4.79 Å². The summed E-state index contributed by atoms with van der Waals surface area (Å²) in [6.45, 7) is 1.99. The van der Waals surface area contributed by atoms with Crippen LogP contribution in [0, 0.1) is 6.92 Å². The highest BCUT2D eigenvalue weighted by atomic mass is 32.1. The zero-order valence-corrected chi connectivity index (χ0v) is 12.9. The van der Waals surface area contributed by atoms with Crippen LogP contribution in [0.1, 0.15) is 35.3 Å². The molecule has 114 valence electrons. The summed E-state index contributed by atoms with van der Waals surface area (Å²) >= 11 is 1.39. The van der Waals surface area contributed by atoms with Gasteiger partial charge in [0.1, 0.15) is 16.2 Å². The van der Waals surface area contributed by atoms with E-state index < -0.39 is 17.4 Å². The lowest BCUT2D eigenvalue weighted by atomic mass is 9.76. The van der Waals surface area contributed by atoms with Crippen molar-refractivity contribution >= 4 is 23.2 Å². The second kappa shape index (κ2) is 5.53. The van der Waals surface area contributed by atoms with Gasteiger partial charge in [-0.25, -0.2) is 9.78 Å². The van der Waals surface area contributed by atoms with E-state index in [-0.39, 0.29) is 5.69 Å². The fraction of sp³-hybridized carbons (Fsp3) is 0.312. The minimum Gasteiger partial charge on any atom is -0.480 e. The Hall–Kier alpha value is -2.21. The Labute approximate surface area is 132 Å². The van der Waals surface area contributed by atoms with Gasteiger partial charge in [-0.2, -0.15) is 0 Å². The third-order valence-electron chi connectivity index (χ3n) is 4.08. The lowest BCUT2D eigenvalue weighted by Crippen LogP contribution is -2.59. The summed E-state index contributed by atoms with van der Waals surface area (Å²) in [6.07, 6.45) is 1.77. The number of thiazole rings is 1. The standard InChI is InChI=1S/C16H16N2O3S/c1-10-5-2-3-6-11(10)14-17-12(9-22-14)13(19)18-16(15(20)21)7-4-8-16/h2-3,5-6,9H,4,7-8H2,1H3,(H,18,19)(H,20,21). The SMILES string of the molecule is Cc1ccccc1-c1nc(C(=O)NC2(C(=O)O)CCC2)cs1. The Morgan fingerprint density at radius 2 is 2.05 bits per heavy atom. The Balaban J connectivity index is 1.81. The lowest BCUT2D eigenvalue weighted by Gasteiger charge is -2.37. The molecule has 0 bridgehead atoms. The van der Waals surface area contributed by atoms with Crippen LogP contribution in [-0.4, -0.2) is 27.5 Å². The van der Waals surface area contributed by atoms with Crippen LogP contribution in [0.15, 0.2) is 29.6 Å². The maximum atomic E-state index is 12.3. The van der Waals surface area contributed by atoms with Crippen molar-refractivity contribution in [1.29, 1.82) is 0 Å². The van der Waals surface area contributed by atoms with Crippen LogP contribution in [0.3, 0.4) is 0 Å². The first-order chi connectivity index (χ1) is 10.5. The predicted octanol–water partition coefficient (Wildman–Crippen LogP) is 2.86. The van der Waals surface area contributed by atoms with E-state index in [4.69, 9.17) is 0 Å². The van der Waals surface area contributed by atoms with E-state index in [0.717, 1.165) is 22.6 Å². The van der Waals surface area contributed by atoms with Gasteiger partial charge in [0.25, 0.3) is 5.91 Å². The Morgan fingerprint density at radius 1 is 1.32 bits per heavy atom. The van der Waals surface area contributed by atoms with Crippen molar-refractivity contribution in [2.75, 3.05) is 0 Å². The quantitative estimate of drug-likeness (QED) is 0.909. The number of nitrogens with one attached hydrogen (secondary N) is 1. The van der Waals surface area contributed by atoms with Crippen molar-refractivity contribution in [2.45, 2.75) is 31.7 Å². The molecule has 1 heterocycles. The summed E-state index contributed by atoms with van der Waals surface area (Å²) in [5, 5.41) is 14.3. The van der Waals surface area contributed by atoms with Crippen molar-refractivity contribution in [2.24, 2.45) is 0 Å². The van der Waals surface area contributed by atoms with Crippen molar-refractivity contribution < 1.29 is 14.7 Å². The molecule has 1 fully saturated rings. The number of nitrogens with zero attached hydrogens (tertiary/aromatic N) is 1. The molecule has 0 atom stereocenters. The van der Waals surface area contributed by atoms with Gasteiger partial charge >= 0.3 is 5.97 Å². The number of amides is 1. The molecule has 1 saturated carbocycles. The van der Waals surface area contributed by atoms with Crippen molar-refractivity contribution in [1.82, 2.24) is 10.3 Å². The van der Waals surface area contributed by atoms with Gasteiger partial charge in [0, 0.05) is 10.9 Å². The molecule has 1 aromatic carbocycles. The smallest absolute Gasteiger partial charge is 0.329 e. The number of hydrogen-bond donors (Lipinski definition) is 2. The third-order valence-corrected chi connectivity index (χ3v) is 4.96. The minimum absolute atomic E-state index is 0.274. The first-order valence-corrected chi connectivity index (χ1v) is 7.97. The molecule has 0 radical (unpaired) electrons. The molecule has 3 rings (SSSR count). The molecular weight excluding hydrogens is 300 g/mol. The molecule has 22 heavy (non-hydrogen) atoms. The van der Waals surface area contributed by atoms with E-state index in [9.17, 15) is 14.7 Å². The average Bonchev–Trinajstić information content (AvgIpc) is 2.92. The van der Waals surface area contributed by atoms with E-state index in [1.807, 2.05) is 31.2 Å². The summed E-state index contributed by atoms with van der Waals surface area (Å²) < 4.78 is 0. The highest BCUT2D eigenvalue weighted by Crippen LogP contribution is 2.33. The predicted molar refractivity (Wildman–Crippen MR) is 84.0 cm³/mol. The number of carboxylic acids is 1. The van der Waals surface area contributed by atoms with Gasteiger partial charge in [-0.1, -0.05) is 24.3 Å². The number of benzene rings is 1. The molecule has 5 nitrogen and oxygen atoms in total. The average molecular weight is 316 g/mol. The van der Waals surface area contributed by atoms with Gasteiger partial charge in [0.15, 0.2) is 0 Å². The summed E-state index contributed by atoms with van der Waals surface area (Å²) in [5.41, 5.74) is 1.24. The zero-order valence-electron chi connectivity index (χ0n) is 12.1. The molecule has 0 unspecified atom stereocenters. The molecule has 1 aliphatic rings. The Bertz CT molecular complexity index is 734. The molecule has 1 aliphatic carbocycles. The first kappa shape index (κ1) is 14.7. The summed E-state index contributed by atoms with van der Waals surface area (Å²) in [5.74, 6) is -1.39. The van der Waals surface area contributed by atoms with E-state index in [1.165, 1.54) is 11.3 Å². The number of carbonyl (C=O) groups excluding carboxylic acids is 1. The minimum atomic E-state index is -1.11. The lowest BCUT2D eigenvalue weighted by molar-refractivity contribution is -0.148. The van der Waals surface area contributed by atoms with E-state index in [2.05, 4.69) is 10.3 Å². The summed E-state index contributed by atoms with van der Waals surface area (Å²) in [4.78, 5) is 27.9. The first-order valence-electron chi connectivity index (χ1n) is 7.09. The van der Waals surface area contributed by atoms with Gasteiger partial charge in [0.05, 0.1) is 0 Å². The number of aryl methyl sites for hydroxylation is 1. The largest absolute Gasteiger partial charge is 0.480 e. The van der Waals surface area contributed by atoms with Crippen LogP contribution in [0.2, 0.25) is 0 Å². The van der Waals surface area contributed by atoms with Gasteiger partial charge in [-0.15, -0.1) is 11.3 Å². The van der Waals surface area contributed by atoms with Crippen LogP contribution in [0.4, 0.5) is 0 Å². The summed E-state index contributed by atoms with van der Waals surface area (Å²) in [6, 6.07) is 7.83. The summed E-state index contributed by atoms with van der Waals surface area (Å²) in [7, 11) is 0. The highest BCUT2D eigenvalue weighted by Gasteiger charge is 2.46. The zero-order chi connectivity index (χ0) is 15.7. The third kappa shape index (κ3) is 2.50. The second-order valence-corrected chi connectivity index (χ2v) is 6.41. The molecule has 2 aromatic rings. The van der Waals surface area contributed by atoms with Gasteiger partial charge in [-0.05, 0) is 31.7 Å². The number of hydrogen-bond acceptors (Lipinski definition) is 4. The van der Waals surface area contributed by atoms with Crippen LogP contribution >= 0.6 is 11.3 Å². The topological polar surface area (TPSA) is 79.3 Å². The van der Waals surface area contributed by atoms with Gasteiger partial charge < -0.3 is 10.4 Å². The van der Waals surface area contributed by atoms with Crippen molar-refractivity contribution in [3.8, 4) is 10.6 Å². The van der Waals surface area contributed by atoms with Gasteiger partial charge in [0.2, 0.25) is 0 Å². The molecule has 1 amide bonds. The number of aromatic nitrogens is 1. The molecule has 1 aromatic heterocycles. The van der Waals surface area contributed by atoms with E-state index in [1.54, 1.807) is 5.38 Å². The second-order valence-electron chi connectivity index (χ2n) is 5.55. The van der Waals surface area contributed by atoms with Crippen LogP contribution in [-0.2, 0) is 4.79 Å². The van der Waals surface area contributed by atoms with E-state index in [0.29, 0.717) is 12.8 Å². The fourth-order valence-corrected chi connectivity index (χ4v) is 3.41. The monoisotopic (exact) mass is 316 g/mol. The normalized spacial score (nSPS) is 15.9. The van der Waals surface area contributed by atoms with E-state index >= 15 is 0 Å². The van der Waals surface area contributed by atoms with Crippen LogP contribution in [0.5, 0.6) is 0 Å². The molecule has 2 N–H and O–H groups in total. The number of carbonyl (C=O) groups is 2.